The largest absolute Gasteiger partial charge is 0.378 e. The highest BCUT2D eigenvalue weighted by Crippen LogP contribution is 2.21. The van der Waals surface area contributed by atoms with E-state index in [9.17, 15) is 14.4 Å². The fourth-order valence-electron chi connectivity index (χ4n) is 2.36. The van der Waals surface area contributed by atoms with E-state index in [1.54, 1.807) is 18.2 Å². The molecule has 0 fully saturated rings. The zero-order valence-electron chi connectivity index (χ0n) is 12.7. The van der Waals surface area contributed by atoms with Crippen molar-refractivity contribution in [3.63, 3.8) is 0 Å². The third-order valence-electron chi connectivity index (χ3n) is 3.64. The lowest BCUT2D eigenvalue weighted by Gasteiger charge is -2.12. The van der Waals surface area contributed by atoms with E-state index in [1.165, 1.54) is 12.1 Å². The Bertz CT molecular complexity index is 810. The van der Waals surface area contributed by atoms with Crippen LogP contribution in [0.5, 0.6) is 0 Å². The molecule has 0 aromatic heterocycles. The molecule has 1 heterocycles. The zero-order chi connectivity index (χ0) is 16.6. The molecule has 0 unspecified atom stereocenters. The summed E-state index contributed by atoms with van der Waals surface area (Å²) in [5, 5.41) is 4.94. The molecule has 3 amide bonds. The molecule has 23 heavy (non-hydrogen) atoms. The number of hydrogen-bond donors (Lipinski definition) is 2. The normalized spacial score (nSPS) is 12.6. The predicted molar refractivity (Wildman–Crippen MR) is 87.0 cm³/mol. The summed E-state index contributed by atoms with van der Waals surface area (Å²) >= 11 is 0. The zero-order valence-corrected chi connectivity index (χ0v) is 12.7. The van der Waals surface area contributed by atoms with Crippen LogP contribution in [0.25, 0.3) is 0 Å². The highest BCUT2D eigenvalue weighted by atomic mass is 16.2. The van der Waals surface area contributed by atoms with Gasteiger partial charge in [-0.2, -0.15) is 0 Å². The number of hydrogen-bond acceptors (Lipinski definition) is 4. The van der Waals surface area contributed by atoms with Crippen LogP contribution in [-0.2, 0) is 0 Å². The van der Waals surface area contributed by atoms with E-state index in [0.29, 0.717) is 16.8 Å². The monoisotopic (exact) mass is 309 g/mol. The Labute approximate surface area is 133 Å². The number of amides is 3. The van der Waals surface area contributed by atoms with E-state index in [0.717, 1.165) is 5.69 Å². The Morgan fingerprint density at radius 2 is 1.61 bits per heavy atom. The molecule has 0 radical (unpaired) electrons. The summed E-state index contributed by atoms with van der Waals surface area (Å²) in [6.07, 6.45) is 0. The molecule has 0 bridgehead atoms. The Morgan fingerprint density at radius 3 is 2.26 bits per heavy atom. The van der Waals surface area contributed by atoms with E-state index in [2.05, 4.69) is 10.6 Å². The Balaban J connectivity index is 1.79. The van der Waals surface area contributed by atoms with Crippen molar-refractivity contribution in [2.75, 3.05) is 24.3 Å². The second-order valence-corrected chi connectivity index (χ2v) is 5.44. The van der Waals surface area contributed by atoms with Crippen LogP contribution in [-0.4, -0.2) is 31.8 Å². The van der Waals surface area contributed by atoms with Gasteiger partial charge in [-0.15, -0.1) is 0 Å². The van der Waals surface area contributed by atoms with Crippen molar-refractivity contribution in [1.29, 1.82) is 0 Å². The molecule has 0 spiro atoms. The van der Waals surface area contributed by atoms with Gasteiger partial charge in [0.05, 0.1) is 11.1 Å². The van der Waals surface area contributed by atoms with Gasteiger partial charge in [0.25, 0.3) is 17.7 Å². The van der Waals surface area contributed by atoms with Crippen LogP contribution in [0.3, 0.4) is 0 Å². The number of carbonyl (C=O) groups excluding carboxylic acids is 3. The van der Waals surface area contributed by atoms with Gasteiger partial charge in [0.2, 0.25) is 0 Å². The molecule has 0 aliphatic carbocycles. The van der Waals surface area contributed by atoms with Crippen molar-refractivity contribution < 1.29 is 14.4 Å². The van der Waals surface area contributed by atoms with Gasteiger partial charge < -0.3 is 10.2 Å². The van der Waals surface area contributed by atoms with Crippen molar-refractivity contribution in [1.82, 2.24) is 5.32 Å². The first-order valence-electron chi connectivity index (χ1n) is 7.04. The smallest absolute Gasteiger partial charge is 0.259 e. The van der Waals surface area contributed by atoms with Crippen molar-refractivity contribution in [3.05, 3.63) is 59.2 Å². The highest BCUT2D eigenvalue weighted by molar-refractivity contribution is 6.22. The number of imide groups is 1. The Kier molecular flexibility index (Phi) is 3.57. The third-order valence-corrected chi connectivity index (χ3v) is 3.64. The fourth-order valence-corrected chi connectivity index (χ4v) is 2.36. The van der Waals surface area contributed by atoms with Crippen LogP contribution in [0.1, 0.15) is 31.1 Å². The Hall–Kier alpha value is -3.15. The predicted octanol–water partition coefficient (Wildman–Crippen LogP) is 1.89. The van der Waals surface area contributed by atoms with E-state index >= 15 is 0 Å². The summed E-state index contributed by atoms with van der Waals surface area (Å²) < 4.78 is 0. The molecule has 6 nitrogen and oxygen atoms in total. The van der Waals surface area contributed by atoms with E-state index in [4.69, 9.17) is 0 Å². The number of nitrogens with one attached hydrogen (secondary N) is 2. The van der Waals surface area contributed by atoms with E-state index < -0.39 is 11.8 Å². The van der Waals surface area contributed by atoms with Crippen LogP contribution < -0.4 is 15.5 Å². The molecule has 116 valence electrons. The minimum Gasteiger partial charge on any atom is -0.378 e. The number of nitrogens with zero attached hydrogens (tertiary/aromatic N) is 1. The maximum atomic E-state index is 12.2. The van der Waals surface area contributed by atoms with Crippen molar-refractivity contribution in [3.8, 4) is 0 Å². The minimum atomic E-state index is -0.448. The average molecular weight is 309 g/mol. The van der Waals surface area contributed by atoms with Gasteiger partial charge in [0.15, 0.2) is 0 Å². The summed E-state index contributed by atoms with van der Waals surface area (Å²) in [6, 6.07) is 11.8. The summed E-state index contributed by atoms with van der Waals surface area (Å²) in [5.41, 5.74) is 2.57. The standard InChI is InChI=1S/C17H15N3O3/c1-20(2)12-6-3-10(4-7-12)15(21)18-11-5-8-13-14(9-11)17(23)19-16(13)22/h3-9H,1-2H3,(H,18,21)(H,19,22,23). The molecular formula is C17H15N3O3. The number of anilines is 2. The van der Waals surface area contributed by atoms with Crippen LogP contribution in [0, 0.1) is 0 Å². The first-order chi connectivity index (χ1) is 11.0. The first-order valence-corrected chi connectivity index (χ1v) is 7.04. The van der Waals surface area contributed by atoms with Crippen molar-refractivity contribution >= 4 is 29.1 Å². The molecule has 3 rings (SSSR count). The second-order valence-electron chi connectivity index (χ2n) is 5.44. The summed E-state index contributed by atoms with van der Waals surface area (Å²) in [5.74, 6) is -1.14. The van der Waals surface area contributed by atoms with Crippen LogP contribution in [0.15, 0.2) is 42.5 Å². The first kappa shape index (κ1) is 14.8. The SMILES string of the molecule is CN(C)c1ccc(C(=O)Nc2ccc3c(c2)C(=O)NC3=O)cc1. The van der Waals surface area contributed by atoms with Crippen molar-refractivity contribution in [2.24, 2.45) is 0 Å². The van der Waals surface area contributed by atoms with Gasteiger partial charge in [0.1, 0.15) is 0 Å². The van der Waals surface area contributed by atoms with Crippen LogP contribution in [0.4, 0.5) is 11.4 Å². The van der Waals surface area contributed by atoms with Crippen LogP contribution in [0.2, 0.25) is 0 Å². The van der Waals surface area contributed by atoms with Crippen LogP contribution >= 0.6 is 0 Å². The minimum absolute atomic E-state index is 0.274. The molecule has 0 atom stereocenters. The summed E-state index contributed by atoms with van der Waals surface area (Å²) in [4.78, 5) is 37.3. The van der Waals surface area contributed by atoms with E-state index in [1.807, 2.05) is 31.1 Å². The molecule has 2 aromatic rings. The molecule has 2 N–H and O–H groups in total. The lowest BCUT2D eigenvalue weighted by molar-refractivity contribution is 0.0878. The van der Waals surface area contributed by atoms with Crippen molar-refractivity contribution in [2.45, 2.75) is 0 Å². The van der Waals surface area contributed by atoms with E-state index in [-0.39, 0.29) is 11.5 Å². The quantitative estimate of drug-likeness (QED) is 0.849. The topological polar surface area (TPSA) is 78.5 Å². The molecule has 1 aliphatic heterocycles. The summed E-state index contributed by atoms with van der Waals surface area (Å²) in [7, 11) is 3.85. The molecule has 0 saturated heterocycles. The van der Waals surface area contributed by atoms with Gasteiger partial charge in [-0.3, -0.25) is 19.7 Å². The molecular weight excluding hydrogens is 294 g/mol. The molecule has 1 aliphatic rings. The highest BCUT2D eigenvalue weighted by Gasteiger charge is 2.26. The number of fused-ring (bicyclic) bond motifs is 1. The number of carbonyl (C=O) groups is 3. The average Bonchev–Trinajstić information content (AvgIpc) is 2.81. The number of benzene rings is 2. The fraction of sp³-hybridized carbons (Fsp3) is 0.118. The van der Waals surface area contributed by atoms with Gasteiger partial charge in [-0.25, -0.2) is 0 Å². The number of rotatable bonds is 3. The molecule has 2 aromatic carbocycles. The van der Waals surface area contributed by atoms with Gasteiger partial charge in [-0.1, -0.05) is 0 Å². The second kappa shape index (κ2) is 5.57. The third kappa shape index (κ3) is 2.78. The molecule has 0 saturated carbocycles. The maximum absolute atomic E-state index is 12.2. The Morgan fingerprint density at radius 1 is 0.957 bits per heavy atom. The van der Waals surface area contributed by atoms with Gasteiger partial charge in [-0.05, 0) is 42.5 Å². The summed E-state index contributed by atoms with van der Waals surface area (Å²) in [6.45, 7) is 0. The lowest BCUT2D eigenvalue weighted by atomic mass is 10.1. The molecule has 6 heteroatoms. The van der Waals surface area contributed by atoms with Gasteiger partial charge in [0, 0.05) is 31.0 Å². The van der Waals surface area contributed by atoms with Gasteiger partial charge >= 0.3 is 0 Å². The maximum Gasteiger partial charge on any atom is 0.259 e. The lowest BCUT2D eigenvalue weighted by Crippen LogP contribution is -2.19.